The maximum absolute atomic E-state index is 6.50. The van der Waals surface area contributed by atoms with Crippen LogP contribution in [0.4, 0.5) is 0 Å². The molecule has 0 amide bonds. The van der Waals surface area contributed by atoms with E-state index in [1.165, 1.54) is 96.7 Å². The Hall–Kier alpha value is -0.550. The van der Waals surface area contributed by atoms with Gasteiger partial charge in [-0.15, -0.1) is 0 Å². The van der Waals surface area contributed by atoms with E-state index in [-0.39, 0.29) is 0 Å². The second-order valence-corrected chi connectivity index (χ2v) is 6.55. The molecule has 0 aromatic carbocycles. The van der Waals surface area contributed by atoms with E-state index < -0.39 is 0 Å². The Morgan fingerprint density at radius 3 is 1.86 bits per heavy atom. The Morgan fingerprint density at radius 2 is 1.38 bits per heavy atom. The zero-order valence-electron chi connectivity index (χ0n) is 14.7. The van der Waals surface area contributed by atoms with E-state index in [1.54, 1.807) is 0 Å². The first-order valence-electron chi connectivity index (χ1n) is 9.35. The molecule has 1 atom stereocenters. The van der Waals surface area contributed by atoms with Crippen LogP contribution in [0.2, 0.25) is 0 Å². The van der Waals surface area contributed by atoms with Crippen molar-refractivity contribution in [2.75, 3.05) is 19.6 Å². The van der Waals surface area contributed by atoms with Gasteiger partial charge in [0, 0.05) is 13.1 Å². The van der Waals surface area contributed by atoms with E-state index in [1.807, 2.05) is 0 Å². The van der Waals surface area contributed by atoms with Gasteiger partial charge in [0.05, 0.1) is 0 Å². The lowest BCUT2D eigenvalue weighted by atomic mass is 10.1. The van der Waals surface area contributed by atoms with Crippen molar-refractivity contribution in [3.63, 3.8) is 0 Å². The summed E-state index contributed by atoms with van der Waals surface area (Å²) in [6, 6.07) is 0. The highest BCUT2D eigenvalue weighted by molar-refractivity contribution is 4.74. The topological polar surface area (TPSA) is 27.0 Å². The first-order valence-corrected chi connectivity index (χ1v) is 9.35. The summed E-state index contributed by atoms with van der Waals surface area (Å²) >= 11 is 0. The minimum absolute atomic E-state index is 1.00. The molecule has 2 nitrogen and oxygen atoms in total. The fourth-order valence-electron chi connectivity index (χ4n) is 3.27. The third-order valence-corrected chi connectivity index (χ3v) is 4.78. The summed E-state index contributed by atoms with van der Waals surface area (Å²) in [6.07, 6.45) is 17.4. The number of nitrogens with zero attached hydrogens (tertiary/aromatic N) is 2. The minimum atomic E-state index is 1.00. The summed E-state index contributed by atoms with van der Waals surface area (Å²) in [5.74, 6) is 1.00. The molecule has 1 heterocycles. The highest BCUT2D eigenvalue weighted by Gasteiger charge is 2.19. The van der Waals surface area contributed by atoms with Crippen LogP contribution in [0.25, 0.3) is 0 Å². The van der Waals surface area contributed by atoms with Crippen LogP contribution < -0.4 is 0 Å². The van der Waals surface area contributed by atoms with Crippen molar-refractivity contribution in [1.29, 1.82) is 5.26 Å². The normalized spacial score (nSPS) is 18.4. The molecule has 2 heteroatoms. The Morgan fingerprint density at radius 1 is 0.857 bits per heavy atom. The molecule has 0 bridgehead atoms. The van der Waals surface area contributed by atoms with Crippen molar-refractivity contribution in [3.05, 3.63) is 0 Å². The highest BCUT2D eigenvalue weighted by Crippen LogP contribution is 2.19. The first kappa shape index (κ1) is 20.5. The van der Waals surface area contributed by atoms with Gasteiger partial charge in [-0.05, 0) is 31.8 Å². The lowest BCUT2D eigenvalue weighted by Gasteiger charge is -2.15. The van der Waals surface area contributed by atoms with Crippen molar-refractivity contribution in [3.8, 4) is 6.57 Å². The van der Waals surface area contributed by atoms with Gasteiger partial charge in [0.2, 0.25) is 0 Å². The van der Waals surface area contributed by atoms with Crippen LogP contribution >= 0.6 is 0 Å². The highest BCUT2D eigenvalue weighted by atomic mass is 15.1. The predicted molar refractivity (Wildman–Crippen MR) is 93.4 cm³/mol. The minimum Gasteiger partial charge on any atom is -0.303 e. The zero-order chi connectivity index (χ0) is 15.8. The van der Waals surface area contributed by atoms with Gasteiger partial charge < -0.3 is 4.90 Å². The van der Waals surface area contributed by atoms with Crippen molar-refractivity contribution in [2.24, 2.45) is 5.92 Å². The van der Waals surface area contributed by atoms with Crippen LogP contribution in [-0.2, 0) is 0 Å². The van der Waals surface area contributed by atoms with Gasteiger partial charge in [-0.3, -0.25) is 0 Å². The number of likely N-dealkylation sites (tertiary alicyclic amines) is 1. The molecule has 124 valence electrons. The Labute approximate surface area is 133 Å². The van der Waals surface area contributed by atoms with E-state index in [2.05, 4.69) is 25.3 Å². The SMILES string of the molecule is C#N.CCCCCCCCCCCCN1CCC(CC)C1. The van der Waals surface area contributed by atoms with E-state index in [0.717, 1.165) is 5.92 Å². The lowest BCUT2D eigenvalue weighted by molar-refractivity contribution is 0.313. The molecule has 0 aromatic heterocycles. The number of hydrogen-bond donors (Lipinski definition) is 0. The summed E-state index contributed by atoms with van der Waals surface area (Å²) in [4.78, 5) is 2.69. The van der Waals surface area contributed by atoms with Gasteiger partial charge in [-0.25, -0.2) is 5.26 Å². The van der Waals surface area contributed by atoms with E-state index >= 15 is 0 Å². The van der Waals surface area contributed by atoms with Gasteiger partial charge in [0.1, 0.15) is 0 Å². The molecule has 0 saturated carbocycles. The monoisotopic (exact) mass is 294 g/mol. The fourth-order valence-corrected chi connectivity index (χ4v) is 3.27. The van der Waals surface area contributed by atoms with Gasteiger partial charge in [-0.2, -0.15) is 0 Å². The number of nitriles is 1. The van der Waals surface area contributed by atoms with Gasteiger partial charge in [0.15, 0.2) is 0 Å². The smallest absolute Gasteiger partial charge is 0.0462 e. The second-order valence-electron chi connectivity index (χ2n) is 6.55. The molecule has 0 radical (unpaired) electrons. The van der Waals surface area contributed by atoms with E-state index in [9.17, 15) is 0 Å². The number of rotatable bonds is 12. The van der Waals surface area contributed by atoms with Crippen LogP contribution in [0.3, 0.4) is 0 Å². The maximum atomic E-state index is 6.50. The average Bonchev–Trinajstić information content (AvgIpc) is 2.99. The maximum Gasteiger partial charge on any atom is 0.0462 e. The van der Waals surface area contributed by atoms with E-state index in [4.69, 9.17) is 5.26 Å². The third kappa shape index (κ3) is 11.8. The molecule has 0 aromatic rings. The zero-order valence-corrected chi connectivity index (χ0v) is 14.7. The standard InChI is InChI=1S/C18H37N.CHN/c1-3-5-6-7-8-9-10-11-12-13-15-19-16-14-18(4-2)17-19;1-2/h18H,3-17H2,1-2H3;1H. The average molecular weight is 295 g/mol. The molecule has 1 unspecified atom stereocenters. The van der Waals surface area contributed by atoms with Crippen LogP contribution in [0.5, 0.6) is 0 Å². The van der Waals surface area contributed by atoms with Crippen molar-refractivity contribution >= 4 is 0 Å². The van der Waals surface area contributed by atoms with Gasteiger partial charge in [0.25, 0.3) is 0 Å². The van der Waals surface area contributed by atoms with Crippen molar-refractivity contribution in [1.82, 2.24) is 4.90 Å². The van der Waals surface area contributed by atoms with Crippen LogP contribution in [0.1, 0.15) is 90.9 Å². The molecule has 0 N–H and O–H groups in total. The second kappa shape index (κ2) is 15.8. The Bertz CT molecular complexity index is 225. The predicted octanol–water partition coefficient (Wildman–Crippen LogP) is 5.78. The van der Waals surface area contributed by atoms with Gasteiger partial charge in [-0.1, -0.05) is 78.1 Å². The molecular weight excluding hydrogens is 256 g/mol. The number of unbranched alkanes of at least 4 members (excludes halogenated alkanes) is 9. The first-order chi connectivity index (χ1) is 10.4. The molecule has 1 aliphatic rings. The van der Waals surface area contributed by atoms with Crippen LogP contribution in [-0.4, -0.2) is 24.5 Å². The molecule has 0 spiro atoms. The molecule has 0 aliphatic carbocycles. The van der Waals surface area contributed by atoms with Crippen LogP contribution in [0.15, 0.2) is 0 Å². The summed E-state index contributed by atoms with van der Waals surface area (Å²) in [5, 5.41) is 6.50. The lowest BCUT2D eigenvalue weighted by Crippen LogP contribution is -2.21. The van der Waals surface area contributed by atoms with Crippen molar-refractivity contribution < 1.29 is 0 Å². The fraction of sp³-hybridized carbons (Fsp3) is 0.947. The summed E-state index contributed by atoms with van der Waals surface area (Å²) in [5.41, 5.74) is 0. The quantitative estimate of drug-likeness (QED) is 0.427. The molecule has 1 rings (SSSR count). The third-order valence-electron chi connectivity index (χ3n) is 4.78. The summed E-state index contributed by atoms with van der Waals surface area (Å²) in [7, 11) is 0. The molecule has 1 aliphatic heterocycles. The Balaban J connectivity index is 0.00000191. The molecule has 21 heavy (non-hydrogen) atoms. The van der Waals surface area contributed by atoms with E-state index in [0.29, 0.717) is 0 Å². The molecular formula is C19H38N2. The van der Waals surface area contributed by atoms with Gasteiger partial charge >= 0.3 is 0 Å². The summed E-state index contributed by atoms with van der Waals surface area (Å²) < 4.78 is 0. The molecule has 1 fully saturated rings. The largest absolute Gasteiger partial charge is 0.303 e. The molecule has 1 saturated heterocycles. The van der Waals surface area contributed by atoms with Crippen molar-refractivity contribution in [2.45, 2.75) is 90.9 Å². The number of hydrogen-bond acceptors (Lipinski definition) is 2. The van der Waals surface area contributed by atoms with Crippen LogP contribution in [0, 0.1) is 17.8 Å². The Kier molecular flexibility index (Phi) is 15.4. The summed E-state index contributed by atoms with van der Waals surface area (Å²) in [6.45, 7) is 12.3.